The van der Waals surface area contributed by atoms with E-state index in [4.69, 9.17) is 9.47 Å². The Morgan fingerprint density at radius 1 is 1.26 bits per heavy atom. The number of amides is 1. The predicted molar refractivity (Wildman–Crippen MR) is 102 cm³/mol. The Morgan fingerprint density at radius 3 is 2.56 bits per heavy atom. The van der Waals surface area contributed by atoms with Gasteiger partial charge in [0.25, 0.3) is 0 Å². The molecule has 1 aromatic rings. The van der Waals surface area contributed by atoms with E-state index in [9.17, 15) is 14.4 Å². The number of ketones is 1. The van der Waals surface area contributed by atoms with Crippen molar-refractivity contribution in [3.05, 3.63) is 35.9 Å². The van der Waals surface area contributed by atoms with Crippen LogP contribution >= 0.6 is 11.8 Å². The average molecular weight is 391 g/mol. The molecular formula is C20H25NO5S. The third kappa shape index (κ3) is 3.98. The maximum absolute atomic E-state index is 12.6. The molecule has 2 heterocycles. The Hall–Kier alpha value is -2.02. The summed E-state index contributed by atoms with van der Waals surface area (Å²) < 4.78 is 10.4. The van der Waals surface area contributed by atoms with Crippen molar-refractivity contribution in [3.8, 4) is 0 Å². The van der Waals surface area contributed by atoms with Gasteiger partial charge >= 0.3 is 6.16 Å². The first-order valence-electron chi connectivity index (χ1n) is 9.05. The van der Waals surface area contributed by atoms with Gasteiger partial charge in [-0.05, 0) is 12.5 Å². The van der Waals surface area contributed by atoms with Gasteiger partial charge < -0.3 is 14.4 Å². The minimum Gasteiger partial charge on any atom is -0.430 e. The summed E-state index contributed by atoms with van der Waals surface area (Å²) >= 11 is 1.57. The van der Waals surface area contributed by atoms with E-state index < -0.39 is 23.6 Å². The molecule has 2 saturated heterocycles. The molecule has 0 radical (unpaired) electrons. The molecule has 2 unspecified atom stereocenters. The van der Waals surface area contributed by atoms with E-state index in [2.05, 4.69) is 0 Å². The zero-order valence-electron chi connectivity index (χ0n) is 16.0. The first-order chi connectivity index (χ1) is 12.7. The summed E-state index contributed by atoms with van der Waals surface area (Å²) in [6, 6.07) is 8.93. The lowest BCUT2D eigenvalue weighted by atomic mass is 9.83. The van der Waals surface area contributed by atoms with Gasteiger partial charge in [-0.3, -0.25) is 9.59 Å². The third-order valence-corrected chi connectivity index (χ3v) is 6.28. The molecule has 0 aliphatic carbocycles. The molecule has 2 aliphatic heterocycles. The topological polar surface area (TPSA) is 72.9 Å². The van der Waals surface area contributed by atoms with E-state index >= 15 is 0 Å². The minimum absolute atomic E-state index is 0.0696. The number of carbonyl (C=O) groups is 3. The normalized spacial score (nSPS) is 25.4. The van der Waals surface area contributed by atoms with Crippen LogP contribution in [-0.4, -0.2) is 46.0 Å². The molecule has 1 aromatic carbocycles. The zero-order chi connectivity index (χ0) is 19.8. The molecule has 4 atom stereocenters. The number of rotatable bonds is 5. The summed E-state index contributed by atoms with van der Waals surface area (Å²) in [6.07, 6.45) is -1.39. The van der Waals surface area contributed by atoms with Crippen molar-refractivity contribution in [2.45, 2.75) is 51.8 Å². The number of carbonyl (C=O) groups excluding carboxylic acids is 3. The van der Waals surface area contributed by atoms with Gasteiger partial charge in [-0.1, -0.05) is 51.1 Å². The summed E-state index contributed by atoms with van der Waals surface area (Å²) in [5, 5.41) is -0.120. The van der Waals surface area contributed by atoms with Crippen LogP contribution in [0.1, 0.15) is 33.3 Å². The molecule has 2 aliphatic rings. The van der Waals surface area contributed by atoms with Crippen molar-refractivity contribution in [1.29, 1.82) is 0 Å². The van der Waals surface area contributed by atoms with Gasteiger partial charge in [-0.25, -0.2) is 4.79 Å². The second-order valence-electron chi connectivity index (χ2n) is 7.97. The van der Waals surface area contributed by atoms with Gasteiger partial charge in [0.15, 0.2) is 5.78 Å². The largest absolute Gasteiger partial charge is 0.508 e. The number of benzene rings is 1. The quantitative estimate of drug-likeness (QED) is 0.567. The van der Waals surface area contributed by atoms with Crippen molar-refractivity contribution in [2.24, 2.45) is 11.3 Å². The van der Waals surface area contributed by atoms with Gasteiger partial charge in [0.05, 0.1) is 5.37 Å². The van der Waals surface area contributed by atoms with Gasteiger partial charge in [0.2, 0.25) is 5.91 Å². The van der Waals surface area contributed by atoms with E-state index in [0.29, 0.717) is 5.75 Å². The van der Waals surface area contributed by atoms with Crippen LogP contribution in [0.15, 0.2) is 30.3 Å². The number of ether oxygens (including phenoxy) is 2. The molecule has 7 heteroatoms. The smallest absolute Gasteiger partial charge is 0.430 e. The maximum Gasteiger partial charge on any atom is 0.508 e. The lowest BCUT2D eigenvalue weighted by molar-refractivity contribution is -0.163. The first kappa shape index (κ1) is 19.7. The number of nitrogens with zero attached hydrogens (tertiary/aromatic N) is 1. The number of hydrogen-bond acceptors (Lipinski definition) is 6. The molecule has 2 fully saturated rings. The third-order valence-electron chi connectivity index (χ3n) is 4.91. The summed E-state index contributed by atoms with van der Waals surface area (Å²) in [5.74, 6) is 0.0990. The average Bonchev–Trinajstić information content (AvgIpc) is 2.98. The zero-order valence-corrected chi connectivity index (χ0v) is 16.8. The fourth-order valence-electron chi connectivity index (χ4n) is 3.41. The van der Waals surface area contributed by atoms with Crippen LogP contribution in [0.3, 0.4) is 0 Å². The van der Waals surface area contributed by atoms with E-state index in [0.717, 1.165) is 5.56 Å². The number of Topliss-reactive ketones (excluding diaryl/α,β-unsaturated/α-hetero) is 1. The molecule has 0 saturated carbocycles. The molecule has 0 N–H and O–H groups in total. The lowest BCUT2D eigenvalue weighted by Gasteiger charge is -2.46. The Bertz CT molecular complexity index is 730. The second-order valence-corrected chi connectivity index (χ2v) is 9.12. The SMILES string of the molecule is CC(OC(=O)OCc1ccccc1)[C@H]1C(=O)N2C(C(=O)C(C)(C)C)CS[C@@H]12. The number of fused-ring (bicyclic) bond motifs is 1. The van der Waals surface area contributed by atoms with E-state index in [1.807, 2.05) is 51.1 Å². The lowest BCUT2D eigenvalue weighted by Crippen LogP contribution is -2.65. The highest BCUT2D eigenvalue weighted by Gasteiger charge is 2.59. The molecule has 146 valence electrons. The van der Waals surface area contributed by atoms with Crippen molar-refractivity contribution >= 4 is 29.6 Å². The second kappa shape index (κ2) is 7.54. The molecular weight excluding hydrogens is 366 g/mol. The van der Waals surface area contributed by atoms with E-state index in [-0.39, 0.29) is 29.7 Å². The highest BCUT2D eigenvalue weighted by molar-refractivity contribution is 8.00. The molecule has 6 nitrogen and oxygen atoms in total. The minimum atomic E-state index is -0.789. The van der Waals surface area contributed by atoms with Crippen LogP contribution in [-0.2, 0) is 25.7 Å². The molecule has 1 amide bonds. The maximum atomic E-state index is 12.6. The van der Waals surface area contributed by atoms with Gasteiger partial charge in [-0.15, -0.1) is 11.8 Å². The molecule has 3 rings (SSSR count). The number of β-lactam (4-membered cyclic amide) rings is 1. The van der Waals surface area contributed by atoms with Crippen molar-refractivity contribution in [3.63, 3.8) is 0 Å². The Kier molecular flexibility index (Phi) is 5.51. The van der Waals surface area contributed by atoms with E-state index in [1.165, 1.54) is 0 Å². The van der Waals surface area contributed by atoms with Crippen LogP contribution in [0, 0.1) is 11.3 Å². The van der Waals surface area contributed by atoms with Crippen LogP contribution in [0.25, 0.3) is 0 Å². The Labute approximate surface area is 163 Å². The fraction of sp³-hybridized carbons (Fsp3) is 0.550. The first-order valence-corrected chi connectivity index (χ1v) is 10.1. The molecule has 0 bridgehead atoms. The van der Waals surface area contributed by atoms with Gasteiger partial charge in [0.1, 0.15) is 24.7 Å². The summed E-state index contributed by atoms with van der Waals surface area (Å²) in [7, 11) is 0. The summed E-state index contributed by atoms with van der Waals surface area (Å²) in [6.45, 7) is 7.41. The van der Waals surface area contributed by atoms with Crippen LogP contribution in [0.4, 0.5) is 4.79 Å². The van der Waals surface area contributed by atoms with Gasteiger partial charge in [-0.2, -0.15) is 0 Å². The Balaban J connectivity index is 1.53. The van der Waals surface area contributed by atoms with Crippen molar-refractivity contribution in [2.75, 3.05) is 5.75 Å². The van der Waals surface area contributed by atoms with E-state index in [1.54, 1.807) is 23.6 Å². The monoisotopic (exact) mass is 391 g/mol. The Morgan fingerprint density at radius 2 is 1.93 bits per heavy atom. The fourth-order valence-corrected chi connectivity index (χ4v) is 5.05. The van der Waals surface area contributed by atoms with Crippen LogP contribution < -0.4 is 0 Å². The molecule has 0 aromatic heterocycles. The van der Waals surface area contributed by atoms with Crippen LogP contribution in [0.5, 0.6) is 0 Å². The predicted octanol–water partition coefficient (Wildman–Crippen LogP) is 3.24. The number of thioether (sulfide) groups is 1. The van der Waals surface area contributed by atoms with Crippen LogP contribution in [0.2, 0.25) is 0 Å². The van der Waals surface area contributed by atoms with Gasteiger partial charge in [0, 0.05) is 11.2 Å². The van der Waals surface area contributed by atoms with Crippen molar-refractivity contribution < 1.29 is 23.9 Å². The highest BCUT2D eigenvalue weighted by atomic mass is 32.2. The summed E-state index contributed by atoms with van der Waals surface area (Å²) in [5.41, 5.74) is 0.373. The van der Waals surface area contributed by atoms with Crippen molar-refractivity contribution in [1.82, 2.24) is 4.90 Å². The highest BCUT2D eigenvalue weighted by Crippen LogP contribution is 2.46. The molecule has 0 spiro atoms. The summed E-state index contributed by atoms with van der Waals surface area (Å²) in [4.78, 5) is 38.8. The molecule has 27 heavy (non-hydrogen) atoms. The number of hydrogen-bond donors (Lipinski definition) is 0. The standard InChI is InChI=1S/C20H25NO5S/c1-12(26-19(24)25-10-13-8-6-5-7-9-13)15-17(23)21-14(11-27-18(15)21)16(22)20(2,3)4/h5-9,12,14-15,18H,10-11H2,1-4H3/t12?,14?,15-,18-/m0/s1.